The van der Waals surface area contributed by atoms with Crippen molar-refractivity contribution in [2.45, 2.75) is 38.3 Å². The van der Waals surface area contributed by atoms with Crippen LogP contribution in [-0.4, -0.2) is 5.60 Å². The van der Waals surface area contributed by atoms with Gasteiger partial charge in [0, 0.05) is 23.0 Å². The Balaban J connectivity index is 2.41. The summed E-state index contributed by atoms with van der Waals surface area (Å²) in [4.78, 5) is 0. The van der Waals surface area contributed by atoms with Gasteiger partial charge in [-0.25, -0.2) is 0 Å². The van der Waals surface area contributed by atoms with Crippen molar-refractivity contribution < 1.29 is 4.74 Å². The van der Waals surface area contributed by atoms with Crippen LogP contribution in [0.15, 0.2) is 18.2 Å². The Morgan fingerprint density at radius 2 is 2.33 bits per heavy atom. The van der Waals surface area contributed by atoms with Crippen LogP contribution in [0.3, 0.4) is 0 Å². The highest BCUT2D eigenvalue weighted by molar-refractivity contribution is 6.30. The summed E-state index contributed by atoms with van der Waals surface area (Å²) in [5.74, 6) is 0.877. The highest BCUT2D eigenvalue weighted by Crippen LogP contribution is 2.40. The van der Waals surface area contributed by atoms with Gasteiger partial charge in [0.2, 0.25) is 0 Å². The third-order valence-electron chi connectivity index (χ3n) is 3.13. The molecule has 0 aliphatic carbocycles. The first kappa shape index (κ1) is 10.8. The smallest absolute Gasteiger partial charge is 0.125 e. The van der Waals surface area contributed by atoms with Gasteiger partial charge in [0.05, 0.1) is 0 Å². The van der Waals surface area contributed by atoms with E-state index in [0.29, 0.717) is 5.02 Å². The van der Waals surface area contributed by atoms with E-state index in [4.69, 9.17) is 22.1 Å². The quantitative estimate of drug-likeness (QED) is 0.796. The molecular weight excluding hydrogens is 210 g/mol. The average molecular weight is 226 g/mol. The molecule has 82 valence electrons. The number of ether oxygens (including phenoxy) is 1. The Kier molecular flexibility index (Phi) is 2.65. The van der Waals surface area contributed by atoms with Crippen LogP contribution in [0.2, 0.25) is 5.02 Å². The summed E-state index contributed by atoms with van der Waals surface area (Å²) in [5.41, 5.74) is 7.01. The molecule has 0 saturated carbocycles. The van der Waals surface area contributed by atoms with Crippen LogP contribution >= 0.6 is 11.6 Å². The number of benzene rings is 1. The first-order chi connectivity index (χ1) is 7.04. The maximum atomic E-state index is 6.13. The molecule has 2 rings (SSSR count). The van der Waals surface area contributed by atoms with Crippen molar-refractivity contribution >= 4 is 11.6 Å². The van der Waals surface area contributed by atoms with Gasteiger partial charge in [-0.1, -0.05) is 18.5 Å². The lowest BCUT2D eigenvalue weighted by atomic mass is 9.87. The molecule has 0 saturated heterocycles. The largest absolute Gasteiger partial charge is 0.487 e. The zero-order valence-electron chi connectivity index (χ0n) is 9.09. The third-order valence-corrected chi connectivity index (χ3v) is 3.36. The van der Waals surface area contributed by atoms with E-state index in [-0.39, 0.29) is 11.6 Å². The molecule has 1 aliphatic heterocycles. The first-order valence-corrected chi connectivity index (χ1v) is 5.66. The molecule has 0 radical (unpaired) electrons. The molecule has 0 bridgehead atoms. The van der Waals surface area contributed by atoms with E-state index in [0.717, 1.165) is 24.2 Å². The number of halogens is 1. The summed E-state index contributed by atoms with van der Waals surface area (Å²) < 4.78 is 5.96. The Morgan fingerprint density at radius 1 is 1.60 bits per heavy atom. The maximum absolute atomic E-state index is 6.13. The molecule has 1 aliphatic rings. The van der Waals surface area contributed by atoms with E-state index in [9.17, 15) is 0 Å². The lowest BCUT2D eigenvalue weighted by molar-refractivity contribution is 0.0503. The van der Waals surface area contributed by atoms with Gasteiger partial charge in [-0.05, 0) is 31.5 Å². The molecule has 2 nitrogen and oxygen atoms in total. The predicted molar refractivity (Wildman–Crippen MR) is 62.3 cm³/mol. The summed E-state index contributed by atoms with van der Waals surface area (Å²) in [6, 6.07) is 5.67. The Labute approximate surface area is 95.4 Å². The lowest BCUT2D eigenvalue weighted by Crippen LogP contribution is -2.39. The van der Waals surface area contributed by atoms with Gasteiger partial charge in [-0.2, -0.15) is 0 Å². The maximum Gasteiger partial charge on any atom is 0.125 e. The molecule has 0 fully saturated rings. The highest BCUT2D eigenvalue weighted by atomic mass is 35.5. The summed E-state index contributed by atoms with van der Waals surface area (Å²) in [5, 5.41) is 0.716. The summed E-state index contributed by atoms with van der Waals surface area (Å²) in [6.07, 6.45) is 1.81. The molecule has 1 heterocycles. The number of nitrogens with two attached hydrogens (primary N) is 1. The van der Waals surface area contributed by atoms with Crippen LogP contribution < -0.4 is 10.5 Å². The van der Waals surface area contributed by atoms with E-state index >= 15 is 0 Å². The summed E-state index contributed by atoms with van der Waals surface area (Å²) in [7, 11) is 0. The monoisotopic (exact) mass is 225 g/mol. The molecule has 1 aromatic carbocycles. The van der Waals surface area contributed by atoms with Crippen LogP contribution in [0.4, 0.5) is 0 Å². The molecule has 2 unspecified atom stereocenters. The third kappa shape index (κ3) is 1.97. The van der Waals surface area contributed by atoms with Crippen molar-refractivity contribution in [3.63, 3.8) is 0 Å². The number of hydrogen-bond acceptors (Lipinski definition) is 2. The average Bonchev–Trinajstić information content (AvgIpc) is 2.20. The molecule has 0 aromatic heterocycles. The van der Waals surface area contributed by atoms with Crippen molar-refractivity contribution in [1.29, 1.82) is 0 Å². The van der Waals surface area contributed by atoms with Crippen molar-refractivity contribution in [2.24, 2.45) is 5.73 Å². The second-order valence-corrected chi connectivity index (χ2v) is 4.83. The van der Waals surface area contributed by atoms with E-state index in [1.165, 1.54) is 0 Å². The summed E-state index contributed by atoms with van der Waals surface area (Å²) >= 11 is 5.94. The van der Waals surface area contributed by atoms with Gasteiger partial charge in [0.1, 0.15) is 11.4 Å². The van der Waals surface area contributed by atoms with Crippen molar-refractivity contribution in [2.75, 3.05) is 0 Å². The van der Waals surface area contributed by atoms with Crippen LogP contribution in [-0.2, 0) is 0 Å². The van der Waals surface area contributed by atoms with Crippen molar-refractivity contribution in [3.05, 3.63) is 28.8 Å². The van der Waals surface area contributed by atoms with E-state index in [2.05, 4.69) is 13.8 Å². The second-order valence-electron chi connectivity index (χ2n) is 4.40. The SMILES string of the molecule is CCC1(C)CC(N)c2cc(Cl)ccc2O1. The van der Waals surface area contributed by atoms with Gasteiger partial charge in [0.15, 0.2) is 0 Å². The Hall–Kier alpha value is -0.730. The fourth-order valence-corrected chi connectivity index (χ4v) is 2.18. The minimum absolute atomic E-state index is 0.0254. The van der Waals surface area contributed by atoms with Crippen LogP contribution in [0.1, 0.15) is 38.3 Å². The second kappa shape index (κ2) is 3.69. The number of rotatable bonds is 1. The van der Waals surface area contributed by atoms with Crippen molar-refractivity contribution in [1.82, 2.24) is 0 Å². The van der Waals surface area contributed by atoms with Crippen molar-refractivity contribution in [3.8, 4) is 5.75 Å². The van der Waals surface area contributed by atoms with Crippen LogP contribution in [0.5, 0.6) is 5.75 Å². The van der Waals surface area contributed by atoms with E-state index in [1.54, 1.807) is 0 Å². The number of hydrogen-bond donors (Lipinski definition) is 1. The molecule has 1 aromatic rings. The van der Waals surface area contributed by atoms with E-state index < -0.39 is 0 Å². The minimum atomic E-state index is -0.139. The molecule has 3 heteroatoms. The lowest BCUT2D eigenvalue weighted by Gasteiger charge is -2.38. The zero-order valence-corrected chi connectivity index (χ0v) is 9.84. The molecule has 2 N–H and O–H groups in total. The van der Waals surface area contributed by atoms with Crippen LogP contribution in [0, 0.1) is 0 Å². The van der Waals surface area contributed by atoms with E-state index in [1.807, 2.05) is 18.2 Å². The fourth-order valence-electron chi connectivity index (χ4n) is 2.00. The molecule has 0 spiro atoms. The fraction of sp³-hybridized carbons (Fsp3) is 0.500. The molecule has 2 atom stereocenters. The molecule has 0 amide bonds. The Bertz CT molecular complexity index is 380. The van der Waals surface area contributed by atoms with Gasteiger partial charge < -0.3 is 10.5 Å². The van der Waals surface area contributed by atoms with Gasteiger partial charge in [0.25, 0.3) is 0 Å². The highest BCUT2D eigenvalue weighted by Gasteiger charge is 2.34. The predicted octanol–water partition coefficient (Wildman–Crippen LogP) is 3.29. The van der Waals surface area contributed by atoms with Gasteiger partial charge in [-0.3, -0.25) is 0 Å². The molecule has 15 heavy (non-hydrogen) atoms. The normalized spacial score (nSPS) is 29.5. The summed E-state index contributed by atoms with van der Waals surface area (Å²) in [6.45, 7) is 4.22. The standard InChI is InChI=1S/C12H16ClNO/c1-3-12(2)7-10(14)9-6-8(13)4-5-11(9)15-12/h4-6,10H,3,7,14H2,1-2H3. The zero-order chi connectivity index (χ0) is 11.1. The topological polar surface area (TPSA) is 35.2 Å². The molecular formula is C12H16ClNO. The Morgan fingerprint density at radius 3 is 3.00 bits per heavy atom. The minimum Gasteiger partial charge on any atom is -0.487 e. The first-order valence-electron chi connectivity index (χ1n) is 5.28. The van der Waals surface area contributed by atoms with Gasteiger partial charge >= 0.3 is 0 Å². The number of fused-ring (bicyclic) bond motifs is 1. The van der Waals surface area contributed by atoms with Crippen LogP contribution in [0.25, 0.3) is 0 Å². The van der Waals surface area contributed by atoms with Gasteiger partial charge in [-0.15, -0.1) is 0 Å².